The zero-order chi connectivity index (χ0) is 10.1. The van der Waals surface area contributed by atoms with Crippen LogP contribution in [0.1, 0.15) is 0 Å². The predicted octanol–water partition coefficient (Wildman–Crippen LogP) is 4.03. The number of hydrogen-bond acceptors (Lipinski definition) is 1. The highest BCUT2D eigenvalue weighted by atomic mass is 79.9. The van der Waals surface area contributed by atoms with Crippen molar-refractivity contribution < 1.29 is 17.0 Å². The zero-order valence-electron chi connectivity index (χ0n) is 6.38. The maximum absolute atomic E-state index is 11.1. The molecule has 0 fully saturated rings. The van der Waals surface area contributed by atoms with Crippen molar-refractivity contribution in [1.29, 1.82) is 0 Å². The van der Waals surface area contributed by atoms with Crippen molar-refractivity contribution in [1.82, 2.24) is 0 Å². The fourth-order valence-corrected chi connectivity index (χ4v) is 0.536. The third kappa shape index (κ3) is 7.39. The summed E-state index contributed by atoms with van der Waals surface area (Å²) in [7, 11) is 0. The Labute approximate surface area is 82.3 Å². The van der Waals surface area contributed by atoms with Gasteiger partial charge in [-0.3, -0.25) is 0 Å². The van der Waals surface area contributed by atoms with Crippen LogP contribution >= 0.6 is 16.3 Å². The van der Waals surface area contributed by atoms with Gasteiger partial charge >= 0.3 is 12.1 Å². The molecule has 0 saturated carbocycles. The maximum atomic E-state index is 11.1. The number of hydrogen-bond donors (Lipinski definition) is 0. The highest BCUT2D eigenvalue weighted by Crippen LogP contribution is 2.12. The number of halogens is 4. The molecule has 1 rings (SSSR count). The quantitative estimate of drug-likeness (QED) is 0.688. The van der Waals surface area contributed by atoms with Gasteiger partial charge in [-0.05, 0) is 0 Å². The van der Waals surface area contributed by atoms with Gasteiger partial charge in [0.25, 0.3) is 0 Å². The van der Waals surface area contributed by atoms with Gasteiger partial charge in [-0.1, -0.05) is 36.4 Å². The molecule has 1 aromatic rings. The molecule has 0 saturated heterocycles. The van der Waals surface area contributed by atoms with Gasteiger partial charge in [0.05, 0.1) is 0 Å². The van der Waals surface area contributed by atoms with Gasteiger partial charge in [0.2, 0.25) is 0 Å². The zero-order valence-corrected chi connectivity index (χ0v) is 7.97. The van der Waals surface area contributed by atoms with E-state index in [0.717, 1.165) is 0 Å². The molecule has 72 valence electrons. The molecule has 0 aliphatic rings. The van der Waals surface area contributed by atoms with Gasteiger partial charge in [-0.15, -0.1) is 0 Å². The van der Waals surface area contributed by atoms with Gasteiger partial charge in [0.15, 0.2) is 16.3 Å². The van der Waals surface area contributed by atoms with Gasteiger partial charge in [-0.25, -0.2) is 0 Å². The fraction of sp³-hybridized carbons (Fsp3) is 0. The molecule has 0 aliphatic heterocycles. The van der Waals surface area contributed by atoms with E-state index in [2.05, 4.69) is 3.83 Å². The van der Waals surface area contributed by atoms with Crippen LogP contribution in [0, 0.1) is 0 Å². The third-order valence-electron chi connectivity index (χ3n) is 0.883. The Balaban J connectivity index is 0.000000223. The average Bonchev–Trinajstić information content (AvgIpc) is 2.20. The molecule has 0 aromatic heterocycles. The topological polar surface area (TPSA) is 9.23 Å². The van der Waals surface area contributed by atoms with Crippen LogP contribution in [0.3, 0.4) is 0 Å². The molecule has 0 heterocycles. The molecule has 0 aliphatic carbocycles. The third-order valence-corrected chi connectivity index (χ3v) is 1.17. The van der Waals surface area contributed by atoms with Crippen molar-refractivity contribution in [2.45, 2.75) is 0 Å². The lowest BCUT2D eigenvalue weighted by atomic mass is 10.4. The molecule has 1 nitrogen and oxygen atoms in total. The largest absolute Gasteiger partial charge is 0.385 e. The summed E-state index contributed by atoms with van der Waals surface area (Å²) in [5.74, 6) is 0. The van der Waals surface area contributed by atoms with Crippen LogP contribution in [-0.4, -0.2) is 0 Å². The molecule has 13 heavy (non-hydrogen) atoms. The SMILES string of the molecule is FC(F)=C(F)OBr.c1ccccc1. The van der Waals surface area contributed by atoms with Crippen LogP contribution in [0.4, 0.5) is 13.2 Å². The number of rotatable bonds is 1. The molecular weight excluding hydrogens is 249 g/mol. The second-order valence-corrected chi connectivity index (χ2v) is 2.09. The van der Waals surface area contributed by atoms with Crippen molar-refractivity contribution in [3.05, 3.63) is 48.5 Å². The van der Waals surface area contributed by atoms with E-state index in [1.807, 2.05) is 52.7 Å². The Morgan fingerprint density at radius 2 is 1.15 bits per heavy atom. The highest BCUT2D eigenvalue weighted by molar-refractivity contribution is 9.06. The lowest BCUT2D eigenvalue weighted by Crippen LogP contribution is -1.69. The van der Waals surface area contributed by atoms with E-state index in [4.69, 9.17) is 0 Å². The van der Waals surface area contributed by atoms with E-state index in [1.165, 1.54) is 0 Å². The summed E-state index contributed by atoms with van der Waals surface area (Å²) >= 11 is 2.00. The van der Waals surface area contributed by atoms with Crippen molar-refractivity contribution in [3.63, 3.8) is 0 Å². The normalized spacial score (nSPS) is 8.00. The second kappa shape index (κ2) is 7.67. The Bertz CT molecular complexity index is 220. The molecule has 0 amide bonds. The minimum Gasteiger partial charge on any atom is -0.385 e. The standard InChI is InChI=1S/C6H6.C2BrF3O/c1-2-4-6-5-3-1;3-7-2(6)1(4)5/h1-6H;. The maximum Gasteiger partial charge on any atom is 0.350 e. The van der Waals surface area contributed by atoms with Crippen LogP contribution in [0.15, 0.2) is 48.5 Å². The van der Waals surface area contributed by atoms with E-state index in [9.17, 15) is 13.2 Å². The first-order chi connectivity index (χ1) is 6.18. The Morgan fingerprint density at radius 3 is 1.23 bits per heavy atom. The van der Waals surface area contributed by atoms with Gasteiger partial charge in [-0.2, -0.15) is 13.2 Å². The molecule has 0 unspecified atom stereocenters. The number of benzene rings is 1. The van der Waals surface area contributed by atoms with Crippen LogP contribution in [0.2, 0.25) is 0 Å². The van der Waals surface area contributed by atoms with E-state index in [0.29, 0.717) is 0 Å². The summed E-state index contributed by atoms with van der Waals surface area (Å²) in [6.45, 7) is 0. The molecule has 5 heteroatoms. The minimum atomic E-state index is -2.48. The monoisotopic (exact) mass is 254 g/mol. The smallest absolute Gasteiger partial charge is 0.350 e. The first-order valence-corrected chi connectivity index (χ1v) is 3.82. The van der Waals surface area contributed by atoms with Crippen LogP contribution in [-0.2, 0) is 3.83 Å². The molecule has 0 radical (unpaired) electrons. The summed E-state index contributed by atoms with van der Waals surface area (Å²) in [5.41, 5.74) is 0. The molecule has 1 aromatic carbocycles. The summed E-state index contributed by atoms with van der Waals surface area (Å²) in [5, 5.41) is 0. The van der Waals surface area contributed by atoms with E-state index in [1.54, 1.807) is 0 Å². The van der Waals surface area contributed by atoms with Crippen molar-refractivity contribution in [2.75, 3.05) is 0 Å². The Kier molecular flexibility index (Phi) is 7.10. The molecule has 0 atom stereocenters. The lowest BCUT2D eigenvalue weighted by molar-refractivity contribution is 0.276. The van der Waals surface area contributed by atoms with Crippen LogP contribution in [0.25, 0.3) is 0 Å². The summed E-state index contributed by atoms with van der Waals surface area (Å²) < 4.78 is 36.0. The summed E-state index contributed by atoms with van der Waals surface area (Å²) in [6, 6.07) is 10.1. The van der Waals surface area contributed by atoms with Crippen LogP contribution in [0.5, 0.6) is 0 Å². The van der Waals surface area contributed by atoms with Crippen molar-refractivity contribution in [2.24, 2.45) is 0 Å². The van der Waals surface area contributed by atoms with Crippen molar-refractivity contribution >= 4 is 16.3 Å². The van der Waals surface area contributed by atoms with Gasteiger partial charge in [0, 0.05) is 0 Å². The van der Waals surface area contributed by atoms with Gasteiger partial charge in [0.1, 0.15) is 0 Å². The first-order valence-electron chi connectivity index (χ1n) is 3.18. The highest BCUT2D eigenvalue weighted by Gasteiger charge is 2.02. The molecule has 0 N–H and O–H groups in total. The van der Waals surface area contributed by atoms with E-state index < -0.39 is 12.1 Å². The predicted molar refractivity (Wildman–Crippen MR) is 46.8 cm³/mol. The second-order valence-electron chi connectivity index (χ2n) is 1.77. The van der Waals surface area contributed by atoms with E-state index in [-0.39, 0.29) is 0 Å². The first kappa shape index (κ1) is 12.0. The van der Waals surface area contributed by atoms with Crippen molar-refractivity contribution in [3.8, 4) is 0 Å². The summed E-state index contributed by atoms with van der Waals surface area (Å²) in [4.78, 5) is 0. The van der Waals surface area contributed by atoms with Crippen LogP contribution < -0.4 is 0 Å². The average molecular weight is 255 g/mol. The molecule has 0 spiro atoms. The lowest BCUT2D eigenvalue weighted by Gasteiger charge is -1.83. The Morgan fingerprint density at radius 1 is 0.846 bits per heavy atom. The van der Waals surface area contributed by atoms with E-state index >= 15 is 0 Å². The fourth-order valence-electron chi connectivity index (χ4n) is 0.414. The summed E-state index contributed by atoms with van der Waals surface area (Å²) in [6.07, 6.45) is -2.48. The molecular formula is C8H6BrF3O. The molecule has 0 bridgehead atoms. The van der Waals surface area contributed by atoms with Gasteiger partial charge < -0.3 is 3.83 Å². The Hall–Kier alpha value is -0.970. The minimum absolute atomic E-state index is 1.90.